The Morgan fingerprint density at radius 1 is 1.00 bits per heavy atom. The molecule has 0 radical (unpaired) electrons. The Morgan fingerprint density at radius 3 is 2.30 bits per heavy atom. The molecule has 4 aromatic rings. The van der Waals surface area contributed by atoms with Crippen LogP contribution in [0, 0.1) is 10.1 Å². The van der Waals surface area contributed by atoms with Crippen molar-refractivity contribution >= 4 is 34.7 Å². The molecule has 1 aromatic heterocycles. The van der Waals surface area contributed by atoms with E-state index in [0.717, 1.165) is 11.1 Å². The molecule has 0 fully saturated rings. The fourth-order valence-corrected chi connectivity index (χ4v) is 3.32. The van der Waals surface area contributed by atoms with E-state index in [9.17, 15) is 14.9 Å². The van der Waals surface area contributed by atoms with Crippen molar-refractivity contribution in [2.45, 2.75) is 6.92 Å². The van der Waals surface area contributed by atoms with Gasteiger partial charge >= 0.3 is 5.97 Å². The number of hydrogen-bond donors (Lipinski definition) is 1. The molecule has 1 N–H and O–H groups in total. The minimum Gasteiger partial charge on any atom is -0.424 e. The predicted octanol–water partition coefficient (Wildman–Crippen LogP) is 5.84. The maximum Gasteiger partial charge on any atom is 0.308 e. The van der Waals surface area contributed by atoms with Gasteiger partial charge in [0.05, 0.1) is 21.7 Å². The number of esters is 1. The van der Waals surface area contributed by atoms with Crippen LogP contribution in [-0.2, 0) is 4.79 Å². The van der Waals surface area contributed by atoms with E-state index in [0.29, 0.717) is 27.9 Å². The van der Waals surface area contributed by atoms with Gasteiger partial charge in [0.15, 0.2) is 5.75 Å². The lowest BCUT2D eigenvalue weighted by molar-refractivity contribution is -0.384. The third kappa shape index (κ3) is 3.84. The fraction of sp³-hybridized carbons (Fsp3) is 0.0417. The number of nitro groups is 1. The highest BCUT2D eigenvalue weighted by molar-refractivity contribution is 5.99. The number of nitrogens with zero attached hydrogens (tertiary/aromatic N) is 1. The molecule has 0 bridgehead atoms. The first kappa shape index (κ1) is 19.1. The fourth-order valence-electron chi connectivity index (χ4n) is 3.32. The van der Waals surface area contributed by atoms with Gasteiger partial charge in [-0.25, -0.2) is 0 Å². The Morgan fingerprint density at radius 2 is 1.67 bits per heavy atom. The molecule has 6 heteroatoms. The van der Waals surface area contributed by atoms with Gasteiger partial charge in [-0.2, -0.15) is 0 Å². The maximum atomic E-state index is 11.8. The second kappa shape index (κ2) is 8.05. The van der Waals surface area contributed by atoms with E-state index in [1.807, 2.05) is 66.7 Å². The Bertz CT molecular complexity index is 1260. The van der Waals surface area contributed by atoms with Crippen LogP contribution < -0.4 is 4.74 Å². The Balaban J connectivity index is 1.92. The third-order valence-corrected chi connectivity index (χ3v) is 4.66. The third-order valence-electron chi connectivity index (χ3n) is 4.66. The van der Waals surface area contributed by atoms with Gasteiger partial charge < -0.3 is 9.72 Å². The summed E-state index contributed by atoms with van der Waals surface area (Å²) in [5.41, 5.74) is 3.24. The summed E-state index contributed by atoms with van der Waals surface area (Å²) in [6, 6.07) is 22.0. The SMILES string of the molecule is CC(=O)Oc1c(-c2ccccc2)[nH]c2cc([N+](=O)[O-])c(/C=C/c3ccccc3)cc12. The number of hydrogen-bond acceptors (Lipinski definition) is 4. The average Bonchev–Trinajstić information content (AvgIpc) is 3.09. The minimum atomic E-state index is -0.465. The quantitative estimate of drug-likeness (QED) is 0.198. The molecule has 0 aliphatic rings. The minimum absolute atomic E-state index is 0.0371. The number of fused-ring (bicyclic) bond motifs is 1. The van der Waals surface area contributed by atoms with Gasteiger partial charge in [-0.15, -0.1) is 0 Å². The van der Waals surface area contributed by atoms with E-state index in [-0.39, 0.29) is 5.69 Å². The number of aromatic nitrogens is 1. The van der Waals surface area contributed by atoms with Crippen molar-refractivity contribution in [3.05, 3.63) is 94.0 Å². The average molecular weight is 398 g/mol. The summed E-state index contributed by atoms with van der Waals surface area (Å²) in [6.45, 7) is 1.33. The van der Waals surface area contributed by atoms with Gasteiger partial charge in [-0.05, 0) is 17.7 Å². The van der Waals surface area contributed by atoms with Crippen molar-refractivity contribution in [1.82, 2.24) is 4.98 Å². The van der Waals surface area contributed by atoms with Crippen LogP contribution >= 0.6 is 0 Å². The highest BCUT2D eigenvalue weighted by Crippen LogP contribution is 2.40. The van der Waals surface area contributed by atoms with Crippen LogP contribution in [0.2, 0.25) is 0 Å². The van der Waals surface area contributed by atoms with Crippen molar-refractivity contribution in [3.63, 3.8) is 0 Å². The van der Waals surface area contributed by atoms with Crippen LogP contribution in [0.1, 0.15) is 18.1 Å². The summed E-state index contributed by atoms with van der Waals surface area (Å²) in [6.07, 6.45) is 3.50. The number of aromatic amines is 1. The number of carbonyl (C=O) groups excluding carboxylic acids is 1. The van der Waals surface area contributed by atoms with Crippen LogP contribution in [0.15, 0.2) is 72.8 Å². The molecule has 6 nitrogen and oxygen atoms in total. The molecular weight excluding hydrogens is 380 g/mol. The molecule has 148 valence electrons. The Kier molecular flexibility index (Phi) is 5.13. The first-order chi connectivity index (χ1) is 14.5. The molecule has 4 rings (SSSR count). The second-order valence-electron chi connectivity index (χ2n) is 6.75. The number of nitrogens with one attached hydrogen (secondary N) is 1. The lowest BCUT2D eigenvalue weighted by Crippen LogP contribution is -2.02. The standard InChI is InChI=1S/C24H18N2O4/c1-16(27)30-24-20-14-19(13-12-17-8-4-2-5-9-17)22(26(28)29)15-21(20)25-23(24)18-10-6-3-7-11-18/h2-15,25H,1H3/b13-12+. The normalized spacial score (nSPS) is 11.1. The van der Waals surface area contributed by atoms with Crippen molar-refractivity contribution in [1.29, 1.82) is 0 Å². The summed E-state index contributed by atoms with van der Waals surface area (Å²) in [4.78, 5) is 26.2. The van der Waals surface area contributed by atoms with E-state index in [1.54, 1.807) is 12.1 Å². The zero-order valence-electron chi connectivity index (χ0n) is 16.2. The molecule has 0 spiro atoms. The smallest absolute Gasteiger partial charge is 0.308 e. The number of nitro benzene ring substituents is 1. The molecule has 3 aromatic carbocycles. The topological polar surface area (TPSA) is 85.2 Å². The van der Waals surface area contributed by atoms with Crippen LogP contribution in [0.5, 0.6) is 5.75 Å². The maximum absolute atomic E-state index is 11.8. The number of rotatable bonds is 5. The van der Waals surface area contributed by atoms with Crippen LogP contribution in [-0.4, -0.2) is 15.9 Å². The molecule has 0 saturated carbocycles. The molecular formula is C24H18N2O4. The highest BCUT2D eigenvalue weighted by atomic mass is 16.6. The van der Waals surface area contributed by atoms with Gasteiger partial charge in [-0.1, -0.05) is 66.7 Å². The van der Waals surface area contributed by atoms with Crippen LogP contribution in [0.4, 0.5) is 5.69 Å². The summed E-state index contributed by atoms with van der Waals surface area (Å²) >= 11 is 0. The summed E-state index contributed by atoms with van der Waals surface area (Å²) < 4.78 is 5.51. The molecule has 0 atom stereocenters. The summed E-state index contributed by atoms with van der Waals surface area (Å²) in [5, 5.41) is 12.3. The van der Waals surface area contributed by atoms with E-state index in [2.05, 4.69) is 4.98 Å². The van der Waals surface area contributed by atoms with Crippen molar-refractivity contribution in [2.24, 2.45) is 0 Å². The largest absolute Gasteiger partial charge is 0.424 e. The monoisotopic (exact) mass is 398 g/mol. The van der Waals surface area contributed by atoms with Gasteiger partial charge in [-0.3, -0.25) is 14.9 Å². The summed E-state index contributed by atoms with van der Waals surface area (Å²) in [7, 11) is 0. The second-order valence-corrected chi connectivity index (χ2v) is 6.75. The van der Waals surface area contributed by atoms with Crippen molar-refractivity contribution in [3.8, 4) is 17.0 Å². The number of ether oxygens (including phenoxy) is 1. The molecule has 1 heterocycles. The molecule has 0 aliphatic carbocycles. The molecule has 0 saturated heterocycles. The van der Waals surface area contributed by atoms with E-state index in [1.165, 1.54) is 13.0 Å². The predicted molar refractivity (Wildman–Crippen MR) is 117 cm³/mol. The number of carbonyl (C=O) groups is 1. The Hall–Kier alpha value is -4.19. The van der Waals surface area contributed by atoms with Gasteiger partial charge in [0.25, 0.3) is 5.69 Å². The van der Waals surface area contributed by atoms with Crippen LogP contribution in [0.3, 0.4) is 0 Å². The van der Waals surface area contributed by atoms with E-state index >= 15 is 0 Å². The van der Waals surface area contributed by atoms with Gasteiger partial charge in [0, 0.05) is 23.9 Å². The van der Waals surface area contributed by atoms with Crippen LogP contribution in [0.25, 0.3) is 34.3 Å². The van der Waals surface area contributed by atoms with Gasteiger partial charge in [0.1, 0.15) is 0 Å². The zero-order chi connectivity index (χ0) is 21.1. The molecule has 0 unspecified atom stereocenters. The van der Waals surface area contributed by atoms with E-state index < -0.39 is 10.9 Å². The lowest BCUT2D eigenvalue weighted by atomic mass is 10.1. The molecule has 0 amide bonds. The molecule has 0 aliphatic heterocycles. The number of H-pyrrole nitrogens is 1. The Labute approximate surface area is 172 Å². The first-order valence-corrected chi connectivity index (χ1v) is 9.34. The van der Waals surface area contributed by atoms with E-state index in [4.69, 9.17) is 4.74 Å². The number of benzene rings is 3. The lowest BCUT2D eigenvalue weighted by Gasteiger charge is -2.05. The van der Waals surface area contributed by atoms with Gasteiger partial charge in [0.2, 0.25) is 0 Å². The summed E-state index contributed by atoms with van der Waals surface area (Å²) in [5.74, 6) is -0.110. The van der Waals surface area contributed by atoms with Crippen molar-refractivity contribution in [2.75, 3.05) is 0 Å². The first-order valence-electron chi connectivity index (χ1n) is 9.34. The zero-order valence-corrected chi connectivity index (χ0v) is 16.2. The molecule has 30 heavy (non-hydrogen) atoms. The van der Waals surface area contributed by atoms with Crippen molar-refractivity contribution < 1.29 is 14.5 Å². The highest BCUT2D eigenvalue weighted by Gasteiger charge is 2.21.